The molecule has 5 heteroatoms. The van der Waals surface area contributed by atoms with Crippen LogP contribution in [0.25, 0.3) is 0 Å². The second kappa shape index (κ2) is 7.73. The summed E-state index contributed by atoms with van der Waals surface area (Å²) in [7, 11) is 0. The second-order valence-corrected chi connectivity index (χ2v) is 4.70. The number of hydrazone groups is 1. The largest absolute Gasteiger partial charge is 0.326 e. The van der Waals surface area contributed by atoms with Crippen molar-refractivity contribution in [1.29, 1.82) is 0 Å². The van der Waals surface area contributed by atoms with Gasteiger partial charge in [0, 0.05) is 30.8 Å². The van der Waals surface area contributed by atoms with E-state index in [2.05, 4.69) is 15.8 Å². The summed E-state index contributed by atoms with van der Waals surface area (Å²) in [6, 6.07) is 16.5. The van der Waals surface area contributed by atoms with Crippen molar-refractivity contribution < 1.29 is 9.59 Å². The zero-order valence-electron chi connectivity index (χ0n) is 12.2. The monoisotopic (exact) mass is 295 g/mol. The fourth-order valence-electron chi connectivity index (χ4n) is 1.84. The Labute approximate surface area is 129 Å². The van der Waals surface area contributed by atoms with Gasteiger partial charge in [0.05, 0.1) is 0 Å². The topological polar surface area (TPSA) is 70.6 Å². The molecule has 2 N–H and O–H groups in total. The van der Waals surface area contributed by atoms with Crippen LogP contribution in [0.3, 0.4) is 0 Å². The maximum atomic E-state index is 11.9. The van der Waals surface area contributed by atoms with Gasteiger partial charge in [-0.3, -0.25) is 9.59 Å². The number of rotatable bonds is 5. The summed E-state index contributed by atoms with van der Waals surface area (Å²) in [5.41, 5.74) is 4.73. The molecule has 0 unspecified atom stereocenters. The molecule has 0 saturated carbocycles. The first-order valence-corrected chi connectivity index (χ1v) is 6.88. The highest BCUT2D eigenvalue weighted by atomic mass is 16.2. The normalized spacial score (nSPS) is 10.4. The molecule has 22 heavy (non-hydrogen) atoms. The summed E-state index contributed by atoms with van der Waals surface area (Å²) in [5, 5.41) is 6.56. The number of carbonyl (C=O) groups excluding carboxylic acids is 2. The van der Waals surface area contributed by atoms with Crippen molar-refractivity contribution >= 4 is 23.7 Å². The molecule has 0 aliphatic heterocycles. The number of nitrogens with one attached hydrogen (secondary N) is 2. The van der Waals surface area contributed by atoms with Crippen molar-refractivity contribution in [1.82, 2.24) is 5.43 Å². The van der Waals surface area contributed by atoms with E-state index in [1.54, 1.807) is 30.5 Å². The van der Waals surface area contributed by atoms with Crippen LogP contribution in [0.4, 0.5) is 5.69 Å². The molecule has 0 aliphatic carbocycles. The zero-order chi connectivity index (χ0) is 15.8. The van der Waals surface area contributed by atoms with Gasteiger partial charge in [-0.15, -0.1) is 0 Å². The first-order valence-electron chi connectivity index (χ1n) is 6.88. The van der Waals surface area contributed by atoms with E-state index in [0.717, 1.165) is 5.56 Å². The van der Waals surface area contributed by atoms with Gasteiger partial charge in [0.15, 0.2) is 0 Å². The van der Waals surface area contributed by atoms with Crippen LogP contribution in [0.2, 0.25) is 0 Å². The minimum atomic E-state index is -0.293. The summed E-state index contributed by atoms with van der Waals surface area (Å²) < 4.78 is 0. The Morgan fingerprint density at radius 1 is 1.05 bits per heavy atom. The van der Waals surface area contributed by atoms with E-state index in [1.165, 1.54) is 6.92 Å². The third-order valence-electron chi connectivity index (χ3n) is 2.89. The van der Waals surface area contributed by atoms with Crippen LogP contribution in [-0.2, 0) is 11.2 Å². The third kappa shape index (κ3) is 4.86. The number of anilines is 1. The highest BCUT2D eigenvalue weighted by Crippen LogP contribution is 2.09. The molecule has 2 aromatic carbocycles. The first-order chi connectivity index (χ1) is 10.6. The fraction of sp³-hybridized carbons (Fsp3) is 0.118. The Bertz CT molecular complexity index is 664. The van der Waals surface area contributed by atoms with Crippen molar-refractivity contribution in [3.05, 3.63) is 65.7 Å². The second-order valence-electron chi connectivity index (χ2n) is 4.70. The van der Waals surface area contributed by atoms with E-state index in [1.807, 2.05) is 30.3 Å². The highest BCUT2D eigenvalue weighted by molar-refractivity contribution is 5.95. The molecular weight excluding hydrogens is 278 g/mol. The summed E-state index contributed by atoms with van der Waals surface area (Å²) >= 11 is 0. The summed E-state index contributed by atoms with van der Waals surface area (Å²) in [6.45, 7) is 1.43. The van der Waals surface area contributed by atoms with Crippen molar-refractivity contribution in [3.63, 3.8) is 0 Å². The van der Waals surface area contributed by atoms with Gasteiger partial charge in [0.1, 0.15) is 0 Å². The Balaban J connectivity index is 1.85. The predicted molar refractivity (Wildman–Crippen MR) is 86.8 cm³/mol. The summed E-state index contributed by atoms with van der Waals surface area (Å²) in [5.74, 6) is -0.443. The van der Waals surface area contributed by atoms with Crippen LogP contribution in [-0.4, -0.2) is 18.0 Å². The van der Waals surface area contributed by atoms with Crippen LogP contribution in [0.1, 0.15) is 22.8 Å². The number of benzene rings is 2. The molecule has 112 valence electrons. The van der Waals surface area contributed by atoms with Crippen LogP contribution < -0.4 is 10.7 Å². The standard InChI is InChI=1S/C17H17N3O2/c1-13(21)19-16-9-7-15(8-10-16)17(22)20-18-12-11-14-5-3-2-4-6-14/h2-10,12H,11H2,1H3,(H,19,21)(H,20,22). The SMILES string of the molecule is CC(=O)Nc1ccc(C(=O)NN=CCc2ccccc2)cc1. The van der Waals surface area contributed by atoms with Gasteiger partial charge in [-0.25, -0.2) is 5.43 Å². The predicted octanol–water partition coefficient (Wildman–Crippen LogP) is 2.60. The number of nitrogens with zero attached hydrogens (tertiary/aromatic N) is 1. The smallest absolute Gasteiger partial charge is 0.271 e. The molecule has 2 amide bonds. The zero-order valence-corrected chi connectivity index (χ0v) is 12.2. The molecule has 5 nitrogen and oxygen atoms in total. The highest BCUT2D eigenvalue weighted by Gasteiger charge is 2.04. The van der Waals surface area contributed by atoms with Gasteiger partial charge in [0.2, 0.25) is 5.91 Å². The molecule has 0 atom stereocenters. The van der Waals surface area contributed by atoms with Gasteiger partial charge in [-0.1, -0.05) is 30.3 Å². The average Bonchev–Trinajstić information content (AvgIpc) is 2.52. The molecule has 0 aromatic heterocycles. The average molecular weight is 295 g/mol. The number of amides is 2. The van der Waals surface area contributed by atoms with Crippen molar-refractivity contribution in [3.8, 4) is 0 Å². The number of hydrogen-bond acceptors (Lipinski definition) is 3. The van der Waals surface area contributed by atoms with E-state index in [-0.39, 0.29) is 11.8 Å². The molecule has 2 aromatic rings. The molecule has 0 aliphatic rings. The lowest BCUT2D eigenvalue weighted by Gasteiger charge is -2.03. The third-order valence-corrected chi connectivity index (χ3v) is 2.89. The van der Waals surface area contributed by atoms with Crippen LogP contribution in [0.15, 0.2) is 59.7 Å². The summed E-state index contributed by atoms with van der Waals surface area (Å²) in [6.07, 6.45) is 2.31. The fourth-order valence-corrected chi connectivity index (χ4v) is 1.84. The first kappa shape index (κ1) is 15.4. The molecule has 0 bridgehead atoms. The van der Waals surface area contributed by atoms with Gasteiger partial charge in [-0.2, -0.15) is 5.10 Å². The Hall–Kier alpha value is -2.95. The van der Waals surface area contributed by atoms with Gasteiger partial charge in [-0.05, 0) is 29.8 Å². The van der Waals surface area contributed by atoms with Crippen molar-refractivity contribution in [2.75, 3.05) is 5.32 Å². The van der Waals surface area contributed by atoms with Gasteiger partial charge >= 0.3 is 0 Å². The van der Waals surface area contributed by atoms with E-state index >= 15 is 0 Å². The van der Waals surface area contributed by atoms with Gasteiger partial charge in [0.25, 0.3) is 5.91 Å². The van der Waals surface area contributed by atoms with Gasteiger partial charge < -0.3 is 5.32 Å². The lowest BCUT2D eigenvalue weighted by molar-refractivity contribution is -0.114. The molecule has 0 fully saturated rings. The van der Waals surface area contributed by atoms with Crippen molar-refractivity contribution in [2.24, 2.45) is 5.10 Å². The Kier molecular flexibility index (Phi) is 5.43. The van der Waals surface area contributed by atoms with Crippen LogP contribution in [0.5, 0.6) is 0 Å². The maximum absolute atomic E-state index is 11.9. The Morgan fingerprint density at radius 2 is 1.73 bits per heavy atom. The number of hydrogen-bond donors (Lipinski definition) is 2. The van der Waals surface area contributed by atoms with E-state index in [4.69, 9.17) is 0 Å². The molecular formula is C17H17N3O2. The lowest BCUT2D eigenvalue weighted by Crippen LogP contribution is -2.17. The lowest BCUT2D eigenvalue weighted by atomic mass is 10.2. The minimum Gasteiger partial charge on any atom is -0.326 e. The molecule has 2 rings (SSSR count). The molecule has 0 radical (unpaired) electrons. The molecule has 0 saturated heterocycles. The van der Waals surface area contributed by atoms with Crippen LogP contribution >= 0.6 is 0 Å². The minimum absolute atomic E-state index is 0.150. The summed E-state index contributed by atoms with van der Waals surface area (Å²) in [4.78, 5) is 22.8. The van der Waals surface area contributed by atoms with E-state index in [9.17, 15) is 9.59 Å². The van der Waals surface area contributed by atoms with Crippen LogP contribution in [0, 0.1) is 0 Å². The molecule has 0 heterocycles. The number of carbonyl (C=O) groups is 2. The van der Waals surface area contributed by atoms with Crippen molar-refractivity contribution in [2.45, 2.75) is 13.3 Å². The van der Waals surface area contributed by atoms with E-state index < -0.39 is 0 Å². The van der Waals surface area contributed by atoms with E-state index in [0.29, 0.717) is 17.7 Å². The molecule has 0 spiro atoms. The Morgan fingerprint density at radius 3 is 2.36 bits per heavy atom. The quantitative estimate of drug-likeness (QED) is 0.657. The maximum Gasteiger partial charge on any atom is 0.271 e.